The number of nitrogens with zero attached hydrogens (tertiary/aromatic N) is 2. The number of nitrogens with one attached hydrogen (secondary N) is 1. The molecule has 4 rings (SSSR count). The number of rotatable bonds is 8. The zero-order valence-electron chi connectivity index (χ0n) is 20.4. The molecular formula is C28H29N3O3S. The molecule has 0 aliphatic heterocycles. The molecule has 4 aromatic rings. The number of thioether (sulfide) groups is 1. The SMILES string of the molecule is COc1ccc(CCNC(=O)C(C)Sc2nc3ccccc3c(=O)n2-c2ccc(C)c(C)c2)cc1. The zero-order valence-corrected chi connectivity index (χ0v) is 21.2. The number of fused-ring (bicyclic) bond motifs is 1. The number of carbonyl (C=O) groups excluding carboxylic acids is 1. The Morgan fingerprint density at radius 2 is 1.80 bits per heavy atom. The summed E-state index contributed by atoms with van der Waals surface area (Å²) in [5, 5.41) is 3.61. The summed E-state index contributed by atoms with van der Waals surface area (Å²) >= 11 is 1.29. The van der Waals surface area contributed by atoms with Gasteiger partial charge in [-0.25, -0.2) is 4.98 Å². The highest BCUT2D eigenvalue weighted by Crippen LogP contribution is 2.26. The molecule has 1 unspecified atom stereocenters. The number of hydrogen-bond acceptors (Lipinski definition) is 5. The number of aryl methyl sites for hydroxylation is 2. The van der Waals surface area contributed by atoms with Crippen molar-refractivity contribution in [1.82, 2.24) is 14.9 Å². The summed E-state index contributed by atoms with van der Waals surface area (Å²) in [4.78, 5) is 31.1. The Bertz CT molecular complexity index is 1410. The Balaban J connectivity index is 1.55. The van der Waals surface area contributed by atoms with E-state index in [2.05, 4.69) is 5.32 Å². The lowest BCUT2D eigenvalue weighted by Crippen LogP contribution is -2.33. The van der Waals surface area contributed by atoms with Crippen LogP contribution in [0.1, 0.15) is 23.6 Å². The highest BCUT2D eigenvalue weighted by atomic mass is 32.2. The summed E-state index contributed by atoms with van der Waals surface area (Å²) in [7, 11) is 1.64. The third-order valence-electron chi connectivity index (χ3n) is 6.02. The van der Waals surface area contributed by atoms with Gasteiger partial charge in [0.05, 0.1) is 29.0 Å². The predicted molar refractivity (Wildman–Crippen MR) is 142 cm³/mol. The maximum absolute atomic E-state index is 13.5. The van der Waals surface area contributed by atoms with Gasteiger partial charge in [-0.2, -0.15) is 0 Å². The quantitative estimate of drug-likeness (QED) is 0.284. The summed E-state index contributed by atoms with van der Waals surface area (Å²) in [6.07, 6.45) is 0.717. The lowest BCUT2D eigenvalue weighted by Gasteiger charge is -2.17. The molecule has 0 aliphatic rings. The molecular weight excluding hydrogens is 458 g/mol. The van der Waals surface area contributed by atoms with Crippen LogP contribution in [0, 0.1) is 13.8 Å². The van der Waals surface area contributed by atoms with E-state index in [1.165, 1.54) is 11.8 Å². The van der Waals surface area contributed by atoms with Gasteiger partial charge in [-0.15, -0.1) is 0 Å². The van der Waals surface area contributed by atoms with Crippen molar-refractivity contribution < 1.29 is 9.53 Å². The number of carbonyl (C=O) groups is 1. The van der Waals surface area contributed by atoms with Crippen molar-refractivity contribution in [3.05, 3.63) is 93.8 Å². The minimum absolute atomic E-state index is 0.0995. The Hall–Kier alpha value is -3.58. The summed E-state index contributed by atoms with van der Waals surface area (Å²) in [5.74, 6) is 0.707. The molecule has 1 atom stereocenters. The molecule has 180 valence electrons. The predicted octanol–water partition coefficient (Wildman–Crippen LogP) is 4.85. The van der Waals surface area contributed by atoms with Gasteiger partial charge >= 0.3 is 0 Å². The van der Waals surface area contributed by atoms with Gasteiger partial charge in [-0.1, -0.05) is 42.1 Å². The van der Waals surface area contributed by atoms with Crippen molar-refractivity contribution in [3.63, 3.8) is 0 Å². The van der Waals surface area contributed by atoms with Crippen LogP contribution in [0.3, 0.4) is 0 Å². The smallest absolute Gasteiger partial charge is 0.266 e. The number of aromatic nitrogens is 2. The van der Waals surface area contributed by atoms with E-state index in [-0.39, 0.29) is 11.5 Å². The summed E-state index contributed by atoms with van der Waals surface area (Å²) < 4.78 is 6.80. The molecule has 0 saturated carbocycles. The molecule has 0 fully saturated rings. The summed E-state index contributed by atoms with van der Waals surface area (Å²) in [6, 6.07) is 21.0. The number of ether oxygens (including phenoxy) is 1. The van der Waals surface area contributed by atoms with Gasteiger partial charge in [0, 0.05) is 6.54 Å². The number of amides is 1. The van der Waals surface area contributed by atoms with Crippen LogP contribution in [0.25, 0.3) is 16.6 Å². The number of methoxy groups -OCH3 is 1. The third-order valence-corrected chi connectivity index (χ3v) is 7.07. The highest BCUT2D eigenvalue weighted by Gasteiger charge is 2.20. The number of para-hydroxylation sites is 1. The van der Waals surface area contributed by atoms with Crippen LogP contribution >= 0.6 is 11.8 Å². The largest absolute Gasteiger partial charge is 0.497 e. The van der Waals surface area contributed by atoms with Crippen LogP contribution < -0.4 is 15.6 Å². The molecule has 1 amide bonds. The van der Waals surface area contributed by atoms with Crippen LogP contribution in [-0.4, -0.2) is 34.4 Å². The van der Waals surface area contributed by atoms with E-state index in [9.17, 15) is 9.59 Å². The molecule has 0 aliphatic carbocycles. The van der Waals surface area contributed by atoms with Gasteiger partial charge in [0.15, 0.2) is 5.16 Å². The Morgan fingerprint density at radius 3 is 2.51 bits per heavy atom. The Labute approximate surface area is 209 Å². The molecule has 1 heterocycles. The van der Waals surface area contributed by atoms with Crippen molar-refractivity contribution in [3.8, 4) is 11.4 Å². The van der Waals surface area contributed by atoms with Crippen LogP contribution in [0.2, 0.25) is 0 Å². The van der Waals surface area contributed by atoms with Gasteiger partial charge in [0.1, 0.15) is 5.75 Å². The van der Waals surface area contributed by atoms with Gasteiger partial charge in [-0.3, -0.25) is 14.2 Å². The molecule has 1 N–H and O–H groups in total. The first-order chi connectivity index (χ1) is 16.9. The van der Waals surface area contributed by atoms with Crippen molar-refractivity contribution in [2.24, 2.45) is 0 Å². The number of hydrogen-bond donors (Lipinski definition) is 1. The van der Waals surface area contributed by atoms with Gasteiger partial charge in [-0.05, 0) is 80.3 Å². The second-order valence-corrected chi connectivity index (χ2v) is 9.78. The van der Waals surface area contributed by atoms with E-state index in [1.54, 1.807) is 17.7 Å². The lowest BCUT2D eigenvalue weighted by atomic mass is 10.1. The zero-order chi connectivity index (χ0) is 24.9. The molecule has 0 radical (unpaired) electrons. The first-order valence-electron chi connectivity index (χ1n) is 11.5. The first kappa shape index (κ1) is 24.5. The molecule has 1 aromatic heterocycles. The molecule has 0 spiro atoms. The molecule has 7 heteroatoms. The van der Waals surface area contributed by atoms with E-state index >= 15 is 0 Å². The van der Waals surface area contributed by atoms with Gasteiger partial charge in [0.25, 0.3) is 5.56 Å². The highest BCUT2D eigenvalue weighted by molar-refractivity contribution is 8.00. The lowest BCUT2D eigenvalue weighted by molar-refractivity contribution is -0.120. The maximum atomic E-state index is 13.5. The van der Waals surface area contributed by atoms with Crippen LogP contribution in [0.15, 0.2) is 76.7 Å². The molecule has 0 saturated heterocycles. The topological polar surface area (TPSA) is 73.2 Å². The molecule has 35 heavy (non-hydrogen) atoms. The van der Waals surface area contributed by atoms with E-state index in [0.717, 1.165) is 28.1 Å². The van der Waals surface area contributed by atoms with Crippen molar-refractivity contribution >= 4 is 28.6 Å². The average molecular weight is 488 g/mol. The maximum Gasteiger partial charge on any atom is 0.266 e. The summed E-state index contributed by atoms with van der Waals surface area (Å²) in [5.41, 5.74) is 4.56. The van der Waals surface area contributed by atoms with Crippen LogP contribution in [-0.2, 0) is 11.2 Å². The van der Waals surface area contributed by atoms with Crippen LogP contribution in [0.5, 0.6) is 5.75 Å². The minimum Gasteiger partial charge on any atom is -0.497 e. The fourth-order valence-electron chi connectivity index (χ4n) is 3.76. The fourth-order valence-corrected chi connectivity index (χ4v) is 4.71. The Morgan fingerprint density at radius 1 is 1.06 bits per heavy atom. The first-order valence-corrected chi connectivity index (χ1v) is 12.4. The fraction of sp³-hybridized carbons (Fsp3) is 0.250. The normalized spacial score (nSPS) is 11.9. The van der Waals surface area contributed by atoms with E-state index < -0.39 is 5.25 Å². The monoisotopic (exact) mass is 487 g/mol. The molecule has 3 aromatic carbocycles. The van der Waals surface area contributed by atoms with E-state index in [0.29, 0.717) is 29.0 Å². The van der Waals surface area contributed by atoms with Gasteiger partial charge in [0.2, 0.25) is 5.91 Å². The second-order valence-electron chi connectivity index (χ2n) is 8.47. The standard InChI is InChI=1S/C28H29N3O3S/c1-18-9-12-22(17-19(18)2)31-27(33)24-7-5-6-8-25(24)30-28(31)35-20(3)26(32)29-16-15-21-10-13-23(34-4)14-11-21/h5-14,17,20H,15-16H2,1-4H3,(H,29,32). The van der Waals surface area contributed by atoms with Gasteiger partial charge < -0.3 is 10.1 Å². The van der Waals surface area contributed by atoms with Crippen molar-refractivity contribution in [2.75, 3.05) is 13.7 Å². The van der Waals surface area contributed by atoms with E-state index in [4.69, 9.17) is 9.72 Å². The average Bonchev–Trinajstić information content (AvgIpc) is 2.86. The number of benzene rings is 3. The Kier molecular flexibility index (Phi) is 7.56. The molecule has 6 nitrogen and oxygen atoms in total. The minimum atomic E-state index is -0.434. The van der Waals surface area contributed by atoms with Crippen LogP contribution in [0.4, 0.5) is 0 Å². The second kappa shape index (κ2) is 10.8. The third kappa shape index (κ3) is 5.57. The summed E-state index contributed by atoms with van der Waals surface area (Å²) in [6.45, 7) is 6.41. The van der Waals surface area contributed by atoms with E-state index in [1.807, 2.05) is 81.4 Å². The molecule has 0 bridgehead atoms. The van der Waals surface area contributed by atoms with Crippen molar-refractivity contribution in [1.29, 1.82) is 0 Å². The van der Waals surface area contributed by atoms with Crippen molar-refractivity contribution in [2.45, 2.75) is 37.6 Å².